The van der Waals surface area contributed by atoms with Gasteiger partial charge in [0, 0.05) is 7.05 Å². The first-order valence-corrected chi connectivity index (χ1v) is 8.68. The summed E-state index contributed by atoms with van der Waals surface area (Å²) in [6.45, 7) is 0. The Morgan fingerprint density at radius 2 is 1.53 bits per heavy atom. The number of nitrogens with zero attached hydrogens (tertiary/aromatic N) is 3. The Labute approximate surface area is 148 Å². The van der Waals surface area contributed by atoms with Crippen LogP contribution in [0, 0.1) is 0 Å². The van der Waals surface area contributed by atoms with Crippen molar-refractivity contribution in [3.8, 4) is 0 Å². The lowest BCUT2D eigenvalue weighted by molar-refractivity contribution is 0.860. The van der Waals surface area contributed by atoms with Gasteiger partial charge < -0.3 is 9.55 Å². The van der Waals surface area contributed by atoms with E-state index < -0.39 is 0 Å². The average molecular weight is 624 g/mol. The molecule has 94 valence electrons. The molecule has 10 heteroatoms. The second kappa shape index (κ2) is 7.18. The minimum absolute atomic E-state index is 0.719. The van der Waals surface area contributed by atoms with Crippen molar-refractivity contribution in [1.82, 2.24) is 19.5 Å². The number of nitrogens with one attached hydrogen (secondary N) is 1. The molecule has 2 aromatic rings. The Morgan fingerprint density at radius 1 is 0.941 bits per heavy atom. The highest BCUT2D eigenvalue weighted by atomic mass is 79.9. The van der Waals surface area contributed by atoms with E-state index in [-0.39, 0.29) is 0 Å². The van der Waals surface area contributed by atoms with Crippen molar-refractivity contribution in [2.45, 2.75) is 0 Å². The maximum atomic E-state index is 4.06. The van der Waals surface area contributed by atoms with Crippen LogP contribution in [-0.2, 0) is 7.05 Å². The minimum atomic E-state index is 0.719. The van der Waals surface area contributed by atoms with Crippen LogP contribution in [0.25, 0.3) is 0 Å². The summed E-state index contributed by atoms with van der Waals surface area (Å²) < 4.78 is 6.79. The van der Waals surface area contributed by atoms with Gasteiger partial charge in [-0.15, -0.1) is 0 Å². The van der Waals surface area contributed by atoms with Crippen LogP contribution in [0.15, 0.2) is 27.9 Å². The van der Waals surface area contributed by atoms with E-state index in [1.807, 2.05) is 11.6 Å². The smallest absolute Gasteiger partial charge is 0.178 e. The zero-order chi connectivity index (χ0) is 13.2. The molecule has 0 saturated carbocycles. The third-order valence-corrected chi connectivity index (χ3v) is 6.28. The minimum Gasteiger partial charge on any atom is -0.326 e. The molecule has 0 saturated heterocycles. The second-order valence-corrected chi connectivity index (χ2v) is 7.16. The van der Waals surface area contributed by atoms with Gasteiger partial charge in [0.05, 0.1) is 0 Å². The molecular formula is C7H4Br6N4. The topological polar surface area (TPSA) is 46.5 Å². The number of rotatable bonds is 0. The van der Waals surface area contributed by atoms with Gasteiger partial charge in [-0.2, -0.15) is 0 Å². The van der Waals surface area contributed by atoms with Crippen molar-refractivity contribution < 1.29 is 0 Å². The third kappa shape index (κ3) is 4.72. The Morgan fingerprint density at radius 3 is 1.65 bits per heavy atom. The van der Waals surface area contributed by atoms with Crippen molar-refractivity contribution in [2.75, 3.05) is 0 Å². The van der Waals surface area contributed by atoms with Crippen LogP contribution in [0.3, 0.4) is 0 Å². The van der Waals surface area contributed by atoms with E-state index in [0.29, 0.717) is 0 Å². The van der Waals surface area contributed by atoms with Gasteiger partial charge in [-0.25, -0.2) is 9.97 Å². The molecule has 1 N–H and O–H groups in total. The molecule has 0 amide bonds. The fraction of sp³-hybridized carbons (Fsp3) is 0.143. The number of hydrogen-bond donors (Lipinski definition) is 1. The Balaban J connectivity index is 0.000000171. The van der Waals surface area contributed by atoms with Gasteiger partial charge in [0.25, 0.3) is 0 Å². The first-order valence-electron chi connectivity index (χ1n) is 3.92. The summed E-state index contributed by atoms with van der Waals surface area (Å²) >= 11 is 19.4. The zero-order valence-corrected chi connectivity index (χ0v) is 17.6. The van der Waals surface area contributed by atoms with E-state index in [1.54, 1.807) is 0 Å². The molecule has 4 nitrogen and oxygen atoms in total. The Hall–Kier alpha value is 1.30. The molecule has 2 rings (SSSR count). The molecule has 0 atom stereocenters. The Bertz CT molecular complexity index is 477. The Kier molecular flexibility index (Phi) is 6.91. The molecule has 0 fully saturated rings. The first-order chi connectivity index (χ1) is 7.82. The van der Waals surface area contributed by atoms with E-state index in [4.69, 9.17) is 0 Å². The van der Waals surface area contributed by atoms with Gasteiger partial charge in [0.1, 0.15) is 18.4 Å². The number of hydrogen-bond acceptors (Lipinski definition) is 2. The highest BCUT2D eigenvalue weighted by molar-refractivity contribution is 9.13. The summed E-state index contributed by atoms with van der Waals surface area (Å²) in [4.78, 5) is 10.9. The second-order valence-electron chi connectivity index (χ2n) is 2.65. The van der Waals surface area contributed by atoms with E-state index in [9.17, 15) is 0 Å². The largest absolute Gasteiger partial charge is 0.326 e. The molecule has 0 aliphatic rings. The standard InChI is InChI=1S/C4H3Br3N2.C3HBr3N2/c1-9-3(6)2(5)8-4(9)7;4-1-2(5)8-3(6)7-1/h1H3;(H,7,8). The first kappa shape index (κ1) is 16.4. The summed E-state index contributed by atoms with van der Waals surface area (Å²) in [5, 5.41) is 0. The molecule has 0 unspecified atom stereocenters. The third-order valence-electron chi connectivity index (χ3n) is 1.52. The number of H-pyrrole nitrogens is 1. The number of aromatic amines is 1. The van der Waals surface area contributed by atoms with Gasteiger partial charge in [0.2, 0.25) is 0 Å². The van der Waals surface area contributed by atoms with Crippen LogP contribution in [0.4, 0.5) is 0 Å². The summed E-state index contributed by atoms with van der Waals surface area (Å²) in [5.41, 5.74) is 0. The van der Waals surface area contributed by atoms with Crippen molar-refractivity contribution in [1.29, 1.82) is 0 Å². The highest BCUT2D eigenvalue weighted by Crippen LogP contribution is 2.24. The van der Waals surface area contributed by atoms with Gasteiger partial charge in [-0.05, 0) is 95.6 Å². The predicted molar refractivity (Wildman–Crippen MR) is 88.0 cm³/mol. The summed E-state index contributed by atoms with van der Waals surface area (Å²) in [5.74, 6) is 0. The van der Waals surface area contributed by atoms with Crippen molar-refractivity contribution in [3.05, 3.63) is 27.9 Å². The van der Waals surface area contributed by atoms with E-state index in [2.05, 4.69) is 111 Å². The summed E-state index contributed by atoms with van der Waals surface area (Å²) in [6.07, 6.45) is 0. The molecule has 0 spiro atoms. The van der Waals surface area contributed by atoms with Crippen LogP contribution >= 0.6 is 95.6 Å². The van der Waals surface area contributed by atoms with Crippen LogP contribution in [0.1, 0.15) is 0 Å². The molecule has 0 bridgehead atoms. The quantitative estimate of drug-likeness (QED) is 0.427. The van der Waals surface area contributed by atoms with Crippen molar-refractivity contribution in [2.24, 2.45) is 7.05 Å². The monoisotopic (exact) mass is 618 g/mol. The molecule has 0 aromatic carbocycles. The van der Waals surface area contributed by atoms with E-state index >= 15 is 0 Å². The lowest BCUT2D eigenvalue weighted by Crippen LogP contribution is -1.85. The normalized spacial score (nSPS) is 10.1. The SMILES string of the molecule is Brc1nc(Br)c(Br)[nH]1.Cn1c(Br)nc(Br)c1Br. The van der Waals surface area contributed by atoms with Crippen LogP contribution < -0.4 is 0 Å². The van der Waals surface area contributed by atoms with Gasteiger partial charge in [-0.1, -0.05) is 0 Å². The van der Waals surface area contributed by atoms with Crippen molar-refractivity contribution >= 4 is 95.6 Å². The lowest BCUT2D eigenvalue weighted by atomic mass is 10.9. The number of halogens is 6. The van der Waals surface area contributed by atoms with Crippen LogP contribution in [0.2, 0.25) is 0 Å². The number of imidazole rings is 2. The fourth-order valence-corrected chi connectivity index (χ4v) is 3.68. The maximum Gasteiger partial charge on any atom is 0.178 e. The van der Waals surface area contributed by atoms with Crippen molar-refractivity contribution in [3.63, 3.8) is 0 Å². The number of aromatic nitrogens is 4. The molecule has 17 heavy (non-hydrogen) atoms. The molecular weight excluding hydrogens is 620 g/mol. The fourth-order valence-electron chi connectivity index (χ4n) is 0.727. The molecule has 0 aliphatic heterocycles. The average Bonchev–Trinajstić information content (AvgIpc) is 2.64. The van der Waals surface area contributed by atoms with Gasteiger partial charge >= 0.3 is 0 Å². The van der Waals surface area contributed by atoms with E-state index in [0.717, 1.165) is 27.9 Å². The van der Waals surface area contributed by atoms with Gasteiger partial charge in [-0.3, -0.25) is 0 Å². The molecule has 0 aliphatic carbocycles. The maximum absolute atomic E-state index is 4.06. The summed E-state index contributed by atoms with van der Waals surface area (Å²) in [6, 6.07) is 0. The summed E-state index contributed by atoms with van der Waals surface area (Å²) in [7, 11) is 1.91. The lowest BCUT2D eigenvalue weighted by Gasteiger charge is -1.91. The van der Waals surface area contributed by atoms with Crippen LogP contribution in [-0.4, -0.2) is 19.5 Å². The van der Waals surface area contributed by atoms with E-state index in [1.165, 1.54) is 0 Å². The molecule has 2 heterocycles. The zero-order valence-electron chi connectivity index (χ0n) is 8.11. The molecule has 0 radical (unpaired) electrons. The van der Waals surface area contributed by atoms with Gasteiger partial charge in [0.15, 0.2) is 9.47 Å². The van der Waals surface area contributed by atoms with Crippen LogP contribution in [0.5, 0.6) is 0 Å². The molecule has 2 aromatic heterocycles. The highest BCUT2D eigenvalue weighted by Gasteiger charge is 2.05. The predicted octanol–water partition coefficient (Wildman–Crippen LogP) is 5.40.